The molecule has 1 saturated heterocycles. The molecule has 1 amide bonds. The van der Waals surface area contributed by atoms with Crippen molar-refractivity contribution in [1.29, 1.82) is 0 Å². The predicted octanol–water partition coefficient (Wildman–Crippen LogP) is 5.37. The Morgan fingerprint density at radius 3 is 2.22 bits per heavy atom. The first-order valence-corrected chi connectivity index (χ1v) is 9.84. The predicted molar refractivity (Wildman–Crippen MR) is 114 cm³/mol. The van der Waals surface area contributed by atoms with Crippen molar-refractivity contribution in [2.75, 3.05) is 4.90 Å². The standard InChI is InChI=1S/C23H20N2OS/c1-17-10-8-9-11-18(17)16-21-22(26)25(20-14-6-3-7-15-20)23(27-21)24-19-12-4-2-5-13-19/h2-15,21H,16H2,1H3/t21-/m1/s1. The van der Waals surface area contributed by atoms with Gasteiger partial charge in [0.15, 0.2) is 5.17 Å². The van der Waals surface area contributed by atoms with Gasteiger partial charge in [-0.1, -0.05) is 72.4 Å². The summed E-state index contributed by atoms with van der Waals surface area (Å²) in [6.07, 6.45) is 0.702. The van der Waals surface area contributed by atoms with E-state index in [4.69, 9.17) is 4.99 Å². The molecule has 0 unspecified atom stereocenters. The molecule has 1 fully saturated rings. The number of amides is 1. The zero-order valence-electron chi connectivity index (χ0n) is 15.1. The van der Waals surface area contributed by atoms with Crippen LogP contribution in [0.4, 0.5) is 11.4 Å². The summed E-state index contributed by atoms with van der Waals surface area (Å²) in [5.41, 5.74) is 4.13. The molecule has 1 atom stereocenters. The number of carbonyl (C=O) groups excluding carboxylic acids is 1. The van der Waals surface area contributed by atoms with Crippen molar-refractivity contribution in [1.82, 2.24) is 0 Å². The highest BCUT2D eigenvalue weighted by Gasteiger charge is 2.39. The number of amidine groups is 1. The van der Waals surface area contributed by atoms with Gasteiger partial charge in [0.2, 0.25) is 5.91 Å². The van der Waals surface area contributed by atoms with E-state index in [1.54, 1.807) is 16.7 Å². The second-order valence-corrected chi connectivity index (χ2v) is 7.65. The van der Waals surface area contributed by atoms with Crippen LogP contribution in [0.3, 0.4) is 0 Å². The minimum absolute atomic E-state index is 0.0872. The van der Waals surface area contributed by atoms with Gasteiger partial charge in [0.1, 0.15) is 0 Å². The number of aryl methyl sites for hydroxylation is 1. The molecule has 27 heavy (non-hydrogen) atoms. The molecule has 4 rings (SSSR count). The number of anilines is 1. The van der Waals surface area contributed by atoms with E-state index in [0.717, 1.165) is 16.5 Å². The van der Waals surface area contributed by atoms with Crippen molar-refractivity contribution >= 4 is 34.2 Å². The maximum absolute atomic E-state index is 13.2. The van der Waals surface area contributed by atoms with E-state index >= 15 is 0 Å². The Morgan fingerprint density at radius 2 is 1.52 bits per heavy atom. The summed E-state index contributed by atoms with van der Waals surface area (Å²) in [5.74, 6) is 0.0872. The monoisotopic (exact) mass is 372 g/mol. The van der Waals surface area contributed by atoms with Crippen molar-refractivity contribution in [3.8, 4) is 0 Å². The molecule has 4 heteroatoms. The van der Waals surface area contributed by atoms with Crippen LogP contribution in [-0.2, 0) is 11.2 Å². The second kappa shape index (κ2) is 7.80. The number of hydrogen-bond donors (Lipinski definition) is 0. The summed E-state index contributed by atoms with van der Waals surface area (Å²) in [7, 11) is 0. The number of hydrogen-bond acceptors (Lipinski definition) is 3. The lowest BCUT2D eigenvalue weighted by Gasteiger charge is -2.16. The van der Waals surface area contributed by atoms with E-state index in [2.05, 4.69) is 19.1 Å². The number of nitrogens with zero attached hydrogens (tertiary/aromatic N) is 2. The lowest BCUT2D eigenvalue weighted by atomic mass is 10.0. The Kier molecular flexibility index (Phi) is 5.07. The van der Waals surface area contributed by atoms with Crippen molar-refractivity contribution in [2.24, 2.45) is 4.99 Å². The fraction of sp³-hybridized carbons (Fsp3) is 0.130. The Balaban J connectivity index is 1.69. The maximum atomic E-state index is 13.2. The fourth-order valence-corrected chi connectivity index (χ4v) is 4.32. The first-order chi connectivity index (χ1) is 13.2. The van der Waals surface area contributed by atoms with Crippen LogP contribution in [0.2, 0.25) is 0 Å². The number of thioether (sulfide) groups is 1. The summed E-state index contributed by atoms with van der Waals surface area (Å²) < 4.78 is 0. The van der Waals surface area contributed by atoms with Crippen LogP contribution in [0.25, 0.3) is 0 Å². The molecule has 0 radical (unpaired) electrons. The first-order valence-electron chi connectivity index (χ1n) is 8.96. The molecule has 1 aliphatic heterocycles. The van der Waals surface area contributed by atoms with Crippen molar-refractivity contribution in [2.45, 2.75) is 18.6 Å². The van der Waals surface area contributed by atoms with Gasteiger partial charge in [-0.2, -0.15) is 0 Å². The molecule has 1 heterocycles. The molecular weight excluding hydrogens is 352 g/mol. The lowest BCUT2D eigenvalue weighted by Crippen LogP contribution is -2.32. The van der Waals surface area contributed by atoms with Crippen LogP contribution in [0.15, 0.2) is 89.9 Å². The van der Waals surface area contributed by atoms with Gasteiger partial charge in [0, 0.05) is 0 Å². The van der Waals surface area contributed by atoms with Crippen LogP contribution < -0.4 is 4.90 Å². The molecule has 0 spiro atoms. The minimum Gasteiger partial charge on any atom is -0.273 e. The molecule has 0 aliphatic carbocycles. The molecule has 3 aromatic carbocycles. The summed E-state index contributed by atoms with van der Waals surface area (Å²) in [5, 5.41) is 0.560. The van der Waals surface area contributed by atoms with E-state index in [1.807, 2.05) is 72.8 Å². The van der Waals surface area contributed by atoms with Crippen molar-refractivity contribution < 1.29 is 4.79 Å². The summed E-state index contributed by atoms with van der Waals surface area (Å²) >= 11 is 1.55. The zero-order chi connectivity index (χ0) is 18.6. The fourth-order valence-electron chi connectivity index (χ4n) is 3.14. The quantitative estimate of drug-likeness (QED) is 0.616. The van der Waals surface area contributed by atoms with E-state index < -0.39 is 0 Å². The molecular formula is C23H20N2OS. The topological polar surface area (TPSA) is 32.7 Å². The summed E-state index contributed by atoms with van der Waals surface area (Å²) in [6.45, 7) is 2.09. The van der Waals surface area contributed by atoms with Gasteiger partial charge >= 0.3 is 0 Å². The van der Waals surface area contributed by atoms with Gasteiger partial charge in [-0.3, -0.25) is 9.69 Å². The Morgan fingerprint density at radius 1 is 0.889 bits per heavy atom. The lowest BCUT2D eigenvalue weighted by molar-refractivity contribution is -0.116. The maximum Gasteiger partial charge on any atom is 0.247 e. The molecule has 134 valence electrons. The van der Waals surface area contributed by atoms with Gasteiger partial charge in [-0.05, 0) is 48.7 Å². The molecule has 0 N–H and O–H groups in total. The summed E-state index contributed by atoms with van der Waals surface area (Å²) in [4.78, 5) is 19.8. The van der Waals surface area contributed by atoms with Gasteiger partial charge in [0.25, 0.3) is 0 Å². The van der Waals surface area contributed by atoms with Crippen molar-refractivity contribution in [3.05, 3.63) is 96.1 Å². The molecule has 0 aromatic heterocycles. The molecule has 0 bridgehead atoms. The number of aliphatic imine (C=N–C) groups is 1. The SMILES string of the molecule is Cc1ccccc1C[C@H]1SC(=Nc2ccccc2)N(c2ccccc2)C1=O. The third kappa shape index (κ3) is 3.81. The number of carbonyl (C=O) groups is 1. The van der Waals surface area contributed by atoms with Crippen LogP contribution in [0.5, 0.6) is 0 Å². The number of rotatable bonds is 4. The van der Waals surface area contributed by atoms with Crippen LogP contribution >= 0.6 is 11.8 Å². The minimum atomic E-state index is -0.172. The average Bonchev–Trinajstić information content (AvgIpc) is 3.00. The van der Waals surface area contributed by atoms with Crippen LogP contribution in [0.1, 0.15) is 11.1 Å². The molecule has 1 aliphatic rings. The third-order valence-corrected chi connectivity index (χ3v) is 5.73. The normalized spacial score (nSPS) is 18.3. The third-order valence-electron chi connectivity index (χ3n) is 4.60. The van der Waals surface area contributed by atoms with E-state index in [-0.39, 0.29) is 11.2 Å². The second-order valence-electron chi connectivity index (χ2n) is 6.48. The number of para-hydroxylation sites is 2. The smallest absolute Gasteiger partial charge is 0.247 e. The highest BCUT2D eigenvalue weighted by atomic mass is 32.2. The van der Waals surface area contributed by atoms with E-state index in [9.17, 15) is 4.79 Å². The Bertz CT molecular complexity index is 970. The molecule has 3 nitrogen and oxygen atoms in total. The van der Waals surface area contributed by atoms with Crippen LogP contribution in [-0.4, -0.2) is 16.3 Å². The molecule has 0 saturated carbocycles. The van der Waals surface area contributed by atoms with Gasteiger partial charge in [-0.15, -0.1) is 0 Å². The van der Waals surface area contributed by atoms with Crippen LogP contribution in [0, 0.1) is 6.92 Å². The van der Waals surface area contributed by atoms with Crippen molar-refractivity contribution in [3.63, 3.8) is 0 Å². The summed E-state index contributed by atoms with van der Waals surface area (Å²) in [6, 6.07) is 27.8. The average molecular weight is 372 g/mol. The molecule has 3 aromatic rings. The highest BCUT2D eigenvalue weighted by Crippen LogP contribution is 2.35. The van der Waals surface area contributed by atoms with Gasteiger partial charge < -0.3 is 0 Å². The Hall–Kier alpha value is -2.85. The highest BCUT2D eigenvalue weighted by molar-refractivity contribution is 8.16. The van der Waals surface area contributed by atoms with Gasteiger partial charge in [-0.25, -0.2) is 4.99 Å². The number of benzene rings is 3. The van der Waals surface area contributed by atoms with E-state index in [0.29, 0.717) is 6.42 Å². The van der Waals surface area contributed by atoms with E-state index in [1.165, 1.54) is 11.1 Å². The largest absolute Gasteiger partial charge is 0.273 e. The van der Waals surface area contributed by atoms with Gasteiger partial charge in [0.05, 0.1) is 16.6 Å². The zero-order valence-corrected chi connectivity index (χ0v) is 15.9. The first kappa shape index (κ1) is 17.6. The Labute approximate surface area is 163 Å².